The topological polar surface area (TPSA) is 6.48 Å². The first-order valence-corrected chi connectivity index (χ1v) is 6.72. The molecule has 0 aromatic heterocycles. The van der Waals surface area contributed by atoms with Crippen LogP contribution in [0, 0.1) is 0 Å². The van der Waals surface area contributed by atoms with Crippen LogP contribution in [0.4, 0.5) is 12.9 Å². The zero-order valence-corrected chi connectivity index (χ0v) is 14.4. The maximum atomic E-state index is 12.3. The fourth-order valence-corrected chi connectivity index (χ4v) is 3.04. The average Bonchev–Trinajstić information content (AvgIpc) is 2.29. The van der Waals surface area contributed by atoms with E-state index in [1.54, 1.807) is 4.90 Å². The van der Waals surface area contributed by atoms with Crippen LogP contribution in [0.3, 0.4) is 0 Å². The van der Waals surface area contributed by atoms with E-state index in [2.05, 4.69) is 4.90 Å². The van der Waals surface area contributed by atoms with Gasteiger partial charge in [0.15, 0.2) is 0 Å². The molecular formula is C11H21BF3KN2. The van der Waals surface area contributed by atoms with E-state index < -0.39 is 13.4 Å². The summed E-state index contributed by atoms with van der Waals surface area (Å²) in [5, 5.41) is 0. The number of hydrogen-bond donors (Lipinski definition) is 0. The third-order valence-corrected chi connectivity index (χ3v) is 3.93. The fourth-order valence-electron chi connectivity index (χ4n) is 3.04. The summed E-state index contributed by atoms with van der Waals surface area (Å²) in [6, 6.07) is 0.535. The summed E-state index contributed by atoms with van der Waals surface area (Å²) in [6.45, 7) is -1.13. The van der Waals surface area contributed by atoms with E-state index in [4.69, 9.17) is 0 Å². The third-order valence-electron chi connectivity index (χ3n) is 3.93. The normalized spacial score (nSPS) is 24.8. The van der Waals surface area contributed by atoms with Crippen LogP contribution >= 0.6 is 0 Å². The molecule has 0 saturated carbocycles. The van der Waals surface area contributed by atoms with Crippen molar-refractivity contribution in [2.75, 3.05) is 32.6 Å². The van der Waals surface area contributed by atoms with Crippen molar-refractivity contribution in [1.29, 1.82) is 0 Å². The zero-order valence-electron chi connectivity index (χ0n) is 11.3. The number of hydrogen-bond acceptors (Lipinski definition) is 2. The molecule has 0 atom stereocenters. The minimum atomic E-state index is -4.65. The fraction of sp³-hybridized carbons (Fsp3) is 1.00. The number of likely N-dealkylation sites (tertiary alicyclic amines) is 2. The SMILES string of the molecule is F[B-](F)(F)CN1CCC(N2CCCCC2)CC1.[K+]. The number of rotatable bonds is 3. The Morgan fingerprint density at radius 2 is 1.44 bits per heavy atom. The molecule has 0 spiro atoms. The summed E-state index contributed by atoms with van der Waals surface area (Å²) in [5.41, 5.74) is 0. The molecule has 2 rings (SSSR count). The summed E-state index contributed by atoms with van der Waals surface area (Å²) in [6.07, 6.45) is 4.97. The molecule has 0 aliphatic carbocycles. The molecule has 0 N–H and O–H groups in total. The average molecular weight is 288 g/mol. The van der Waals surface area contributed by atoms with Crippen molar-refractivity contribution in [2.24, 2.45) is 0 Å². The molecule has 0 aromatic rings. The van der Waals surface area contributed by atoms with Gasteiger partial charge in [0.25, 0.3) is 0 Å². The molecule has 2 nitrogen and oxygen atoms in total. The van der Waals surface area contributed by atoms with E-state index >= 15 is 0 Å². The van der Waals surface area contributed by atoms with Gasteiger partial charge in [-0.15, -0.1) is 0 Å². The molecule has 2 aliphatic rings. The van der Waals surface area contributed by atoms with Gasteiger partial charge in [-0.1, -0.05) is 6.42 Å². The van der Waals surface area contributed by atoms with Crippen molar-refractivity contribution in [1.82, 2.24) is 9.80 Å². The van der Waals surface area contributed by atoms with Crippen molar-refractivity contribution in [3.05, 3.63) is 0 Å². The third kappa shape index (κ3) is 5.81. The molecule has 2 heterocycles. The van der Waals surface area contributed by atoms with Crippen molar-refractivity contribution >= 4 is 6.98 Å². The smallest absolute Gasteiger partial charge is 0.448 e. The van der Waals surface area contributed by atoms with Crippen molar-refractivity contribution in [2.45, 2.75) is 38.1 Å². The summed E-state index contributed by atoms with van der Waals surface area (Å²) in [7, 11) is 0. The molecular weight excluding hydrogens is 267 g/mol. The Kier molecular flexibility index (Phi) is 7.76. The second kappa shape index (κ2) is 8.00. The molecule has 0 bridgehead atoms. The number of nitrogens with zero attached hydrogens (tertiary/aromatic N) is 2. The Morgan fingerprint density at radius 3 is 1.94 bits per heavy atom. The van der Waals surface area contributed by atoms with Crippen LogP contribution in [-0.2, 0) is 0 Å². The number of piperidine rings is 2. The van der Waals surface area contributed by atoms with Gasteiger partial charge >= 0.3 is 58.4 Å². The van der Waals surface area contributed by atoms with Crippen LogP contribution in [-0.4, -0.2) is 55.4 Å². The van der Waals surface area contributed by atoms with Gasteiger partial charge in [0.2, 0.25) is 0 Å². The number of halogens is 3. The Balaban J connectivity index is 0.00000162. The Morgan fingerprint density at radius 1 is 0.889 bits per heavy atom. The maximum Gasteiger partial charge on any atom is 1.00 e. The maximum absolute atomic E-state index is 12.3. The van der Waals surface area contributed by atoms with Crippen LogP contribution in [0.1, 0.15) is 32.1 Å². The van der Waals surface area contributed by atoms with Crippen LogP contribution in [0.2, 0.25) is 0 Å². The second-order valence-corrected chi connectivity index (χ2v) is 5.34. The van der Waals surface area contributed by atoms with Crippen LogP contribution in [0.25, 0.3) is 0 Å². The van der Waals surface area contributed by atoms with E-state index in [1.807, 2.05) is 0 Å². The van der Waals surface area contributed by atoms with Crippen LogP contribution in [0.5, 0.6) is 0 Å². The minimum Gasteiger partial charge on any atom is -0.448 e. The van der Waals surface area contributed by atoms with Gasteiger partial charge < -0.3 is 22.7 Å². The molecule has 2 saturated heterocycles. The van der Waals surface area contributed by atoms with E-state index in [1.165, 1.54) is 19.3 Å². The molecule has 0 amide bonds. The quantitative estimate of drug-likeness (QED) is 0.636. The van der Waals surface area contributed by atoms with Gasteiger partial charge in [0, 0.05) is 6.04 Å². The van der Waals surface area contributed by atoms with Crippen LogP contribution < -0.4 is 51.4 Å². The first-order valence-electron chi connectivity index (χ1n) is 6.72. The summed E-state index contributed by atoms with van der Waals surface area (Å²) in [5.74, 6) is 0. The van der Waals surface area contributed by atoms with Gasteiger partial charge in [-0.25, -0.2) is 0 Å². The Bertz CT molecular complexity index is 239. The van der Waals surface area contributed by atoms with Crippen LogP contribution in [0.15, 0.2) is 0 Å². The molecule has 100 valence electrons. The predicted octanol–water partition coefficient (Wildman–Crippen LogP) is -0.673. The molecule has 7 heteroatoms. The van der Waals surface area contributed by atoms with Crippen molar-refractivity contribution in [3.63, 3.8) is 0 Å². The molecule has 18 heavy (non-hydrogen) atoms. The Hall–Kier alpha value is 1.41. The molecule has 0 aromatic carbocycles. The molecule has 0 radical (unpaired) electrons. The van der Waals surface area contributed by atoms with E-state index in [-0.39, 0.29) is 51.4 Å². The van der Waals surface area contributed by atoms with Crippen molar-refractivity contribution < 1.29 is 64.3 Å². The van der Waals surface area contributed by atoms with Gasteiger partial charge in [-0.2, -0.15) is 0 Å². The molecule has 2 aliphatic heterocycles. The first-order chi connectivity index (χ1) is 8.04. The van der Waals surface area contributed by atoms with Crippen molar-refractivity contribution in [3.8, 4) is 0 Å². The van der Waals surface area contributed by atoms with Gasteiger partial charge in [0.1, 0.15) is 0 Å². The minimum absolute atomic E-state index is 0. The molecule has 0 unspecified atom stereocenters. The van der Waals surface area contributed by atoms with Gasteiger partial charge in [-0.05, 0) is 58.3 Å². The largest absolute Gasteiger partial charge is 1.00 e. The van der Waals surface area contributed by atoms with Gasteiger partial charge in [-0.3, -0.25) is 0 Å². The first kappa shape index (κ1) is 17.5. The Labute approximate surface area is 150 Å². The van der Waals surface area contributed by atoms with E-state index in [0.29, 0.717) is 19.1 Å². The zero-order chi connectivity index (χ0) is 12.3. The summed E-state index contributed by atoms with van der Waals surface area (Å²) in [4.78, 5) is 4.06. The molecule has 2 fully saturated rings. The van der Waals surface area contributed by atoms with E-state index in [0.717, 1.165) is 25.9 Å². The van der Waals surface area contributed by atoms with Gasteiger partial charge in [0.05, 0.1) is 0 Å². The van der Waals surface area contributed by atoms with E-state index in [9.17, 15) is 12.9 Å². The standard InChI is InChI=1S/C11H21BF3N2.K/c13-12(14,15)10-16-8-4-11(5-9-16)17-6-2-1-3-7-17;/h11H,1-10H2;/q-1;+1. The monoisotopic (exact) mass is 288 g/mol. The second-order valence-electron chi connectivity index (χ2n) is 5.34. The summed E-state index contributed by atoms with van der Waals surface area (Å²) < 4.78 is 36.9. The summed E-state index contributed by atoms with van der Waals surface area (Å²) >= 11 is 0. The predicted molar refractivity (Wildman–Crippen MR) is 64.0 cm³/mol.